The molecule has 0 aromatic carbocycles. The summed E-state index contributed by atoms with van der Waals surface area (Å²) in [7, 11) is 0. The van der Waals surface area contributed by atoms with Gasteiger partial charge in [0.1, 0.15) is 0 Å². The molecule has 0 bridgehead atoms. The monoisotopic (exact) mass is 273 g/mol. The Morgan fingerprint density at radius 1 is 1.33 bits per heavy atom. The Bertz CT molecular complexity index is 355. The van der Waals surface area contributed by atoms with Crippen molar-refractivity contribution in [3.05, 3.63) is 0 Å². The lowest BCUT2D eigenvalue weighted by molar-refractivity contribution is 0.127. The first-order valence-electron chi connectivity index (χ1n) is 6.32. The summed E-state index contributed by atoms with van der Waals surface area (Å²) in [6.07, 6.45) is 0. The van der Waals surface area contributed by atoms with Crippen molar-refractivity contribution in [1.29, 1.82) is 0 Å². The fourth-order valence-corrected chi connectivity index (χ4v) is 2.21. The van der Waals surface area contributed by atoms with Crippen molar-refractivity contribution in [3.63, 3.8) is 0 Å². The first kappa shape index (κ1) is 15.0. The van der Waals surface area contributed by atoms with Gasteiger partial charge < -0.3 is 20.5 Å². The van der Waals surface area contributed by atoms with E-state index in [2.05, 4.69) is 23.5 Å². The molecule has 1 unspecified atom stereocenters. The molecule has 0 aliphatic rings. The summed E-state index contributed by atoms with van der Waals surface area (Å²) in [5, 5.41) is 4.30. The number of aromatic nitrogens is 1. The van der Waals surface area contributed by atoms with Gasteiger partial charge in [-0.05, 0) is 31.3 Å². The Morgan fingerprint density at radius 3 is 2.61 bits per heavy atom. The molecule has 1 heterocycles. The zero-order valence-corrected chi connectivity index (χ0v) is 12.3. The molecule has 0 saturated carbocycles. The molecule has 0 aliphatic carbocycles. The normalized spacial score (nSPS) is 12.7. The first-order valence-corrected chi connectivity index (χ1v) is 7.09. The van der Waals surface area contributed by atoms with Gasteiger partial charge in [-0.3, -0.25) is 0 Å². The summed E-state index contributed by atoms with van der Waals surface area (Å²) in [5.41, 5.74) is 5.78. The van der Waals surface area contributed by atoms with Gasteiger partial charge in [0, 0.05) is 6.61 Å². The molecule has 1 rings (SSSR count). The van der Waals surface area contributed by atoms with Gasteiger partial charge in [0.2, 0.25) is 0 Å². The summed E-state index contributed by atoms with van der Waals surface area (Å²) < 4.78 is 15.1. The molecule has 1 aromatic heterocycles. The van der Waals surface area contributed by atoms with Crippen LogP contribution in [0, 0.1) is 5.92 Å². The SMILES string of the molecule is CCOCC(Nc1snc(N)c1OCC)C(C)C. The van der Waals surface area contributed by atoms with Crippen LogP contribution in [-0.2, 0) is 4.74 Å². The molecule has 3 N–H and O–H groups in total. The fourth-order valence-electron chi connectivity index (χ4n) is 1.48. The third-order valence-electron chi connectivity index (χ3n) is 2.59. The number of nitrogen functional groups attached to an aromatic ring is 1. The molecule has 0 amide bonds. The van der Waals surface area contributed by atoms with E-state index in [-0.39, 0.29) is 6.04 Å². The molecule has 0 saturated heterocycles. The maximum absolute atomic E-state index is 5.78. The fraction of sp³-hybridized carbons (Fsp3) is 0.750. The maximum Gasteiger partial charge on any atom is 0.197 e. The first-order chi connectivity index (χ1) is 8.60. The summed E-state index contributed by atoms with van der Waals surface area (Å²) in [5.74, 6) is 1.56. The smallest absolute Gasteiger partial charge is 0.197 e. The number of hydrogen-bond donors (Lipinski definition) is 2. The van der Waals surface area contributed by atoms with Crippen LogP contribution in [0.2, 0.25) is 0 Å². The second kappa shape index (κ2) is 7.43. The van der Waals surface area contributed by atoms with Crippen molar-refractivity contribution in [2.24, 2.45) is 5.92 Å². The van der Waals surface area contributed by atoms with Gasteiger partial charge in [-0.15, -0.1) is 0 Å². The number of nitrogens with zero attached hydrogens (tertiary/aromatic N) is 1. The number of rotatable bonds is 8. The van der Waals surface area contributed by atoms with Gasteiger partial charge in [0.05, 0.1) is 19.3 Å². The molecule has 0 aliphatic heterocycles. The minimum Gasteiger partial charge on any atom is -0.487 e. The molecule has 1 aromatic rings. The molecule has 5 nitrogen and oxygen atoms in total. The van der Waals surface area contributed by atoms with Crippen LogP contribution in [0.3, 0.4) is 0 Å². The lowest BCUT2D eigenvalue weighted by atomic mass is 10.1. The van der Waals surface area contributed by atoms with Crippen LogP contribution in [0.5, 0.6) is 5.75 Å². The standard InChI is InChI=1S/C12H23N3O2S/c1-5-16-7-9(8(3)4)14-12-10(17-6-2)11(13)15-18-12/h8-9,14H,5-7H2,1-4H3,(H2,13,15). The van der Waals surface area contributed by atoms with E-state index in [1.54, 1.807) is 0 Å². The Kier molecular flexibility index (Phi) is 6.21. The van der Waals surface area contributed by atoms with E-state index in [1.165, 1.54) is 11.5 Å². The molecule has 104 valence electrons. The third-order valence-corrected chi connectivity index (χ3v) is 3.36. The van der Waals surface area contributed by atoms with Crippen LogP contribution in [0.15, 0.2) is 0 Å². The van der Waals surface area contributed by atoms with Crippen LogP contribution in [-0.4, -0.2) is 30.2 Å². The van der Waals surface area contributed by atoms with Gasteiger partial charge >= 0.3 is 0 Å². The molecule has 0 spiro atoms. The van der Waals surface area contributed by atoms with Crippen LogP contribution in [0.1, 0.15) is 27.7 Å². The molecule has 1 atom stereocenters. The Hall–Kier alpha value is -1.01. The summed E-state index contributed by atoms with van der Waals surface area (Å²) in [4.78, 5) is 0. The number of nitrogens with two attached hydrogens (primary N) is 1. The highest BCUT2D eigenvalue weighted by Gasteiger charge is 2.19. The van der Waals surface area contributed by atoms with Gasteiger partial charge in [0.15, 0.2) is 16.6 Å². The van der Waals surface area contributed by atoms with E-state index >= 15 is 0 Å². The zero-order valence-electron chi connectivity index (χ0n) is 11.5. The average molecular weight is 273 g/mol. The molecule has 0 radical (unpaired) electrons. The van der Waals surface area contributed by atoms with E-state index in [1.807, 2.05) is 13.8 Å². The Morgan fingerprint density at radius 2 is 2.06 bits per heavy atom. The van der Waals surface area contributed by atoms with E-state index in [4.69, 9.17) is 15.2 Å². The van der Waals surface area contributed by atoms with Gasteiger partial charge in [-0.25, -0.2) is 0 Å². The molecular formula is C12H23N3O2S. The van der Waals surface area contributed by atoms with Gasteiger partial charge in [-0.2, -0.15) is 4.37 Å². The number of hydrogen-bond acceptors (Lipinski definition) is 6. The molecular weight excluding hydrogens is 250 g/mol. The minimum absolute atomic E-state index is 0.226. The molecule has 0 fully saturated rings. The van der Waals surface area contributed by atoms with Crippen LogP contribution < -0.4 is 15.8 Å². The lowest BCUT2D eigenvalue weighted by Crippen LogP contribution is -2.30. The topological polar surface area (TPSA) is 69.4 Å². The van der Waals surface area contributed by atoms with E-state index < -0.39 is 0 Å². The maximum atomic E-state index is 5.78. The Balaban J connectivity index is 2.73. The minimum atomic E-state index is 0.226. The van der Waals surface area contributed by atoms with Crippen molar-refractivity contribution in [2.45, 2.75) is 33.7 Å². The summed E-state index contributed by atoms with van der Waals surface area (Å²) in [6.45, 7) is 10.2. The van der Waals surface area contributed by atoms with Gasteiger partial charge in [0.25, 0.3) is 0 Å². The van der Waals surface area contributed by atoms with E-state index in [9.17, 15) is 0 Å². The summed E-state index contributed by atoms with van der Waals surface area (Å²) >= 11 is 1.33. The number of anilines is 2. The number of ether oxygens (including phenoxy) is 2. The average Bonchev–Trinajstić information content (AvgIpc) is 2.67. The van der Waals surface area contributed by atoms with Crippen molar-refractivity contribution in [1.82, 2.24) is 4.37 Å². The summed E-state index contributed by atoms with van der Waals surface area (Å²) in [6, 6.07) is 0.226. The zero-order chi connectivity index (χ0) is 13.5. The molecule has 18 heavy (non-hydrogen) atoms. The quantitative estimate of drug-likeness (QED) is 0.762. The van der Waals surface area contributed by atoms with Crippen molar-refractivity contribution >= 4 is 22.4 Å². The predicted octanol–water partition coefficient (Wildman–Crippen LogP) is 2.60. The molecule has 6 heteroatoms. The highest BCUT2D eigenvalue weighted by atomic mass is 32.1. The van der Waals surface area contributed by atoms with E-state index in [0.29, 0.717) is 37.3 Å². The third kappa shape index (κ3) is 4.03. The largest absolute Gasteiger partial charge is 0.487 e. The van der Waals surface area contributed by atoms with E-state index in [0.717, 1.165) is 5.00 Å². The van der Waals surface area contributed by atoms with Crippen LogP contribution in [0.4, 0.5) is 10.8 Å². The number of nitrogens with one attached hydrogen (secondary N) is 1. The van der Waals surface area contributed by atoms with Crippen LogP contribution >= 0.6 is 11.5 Å². The van der Waals surface area contributed by atoms with Crippen molar-refractivity contribution in [3.8, 4) is 5.75 Å². The van der Waals surface area contributed by atoms with Crippen LogP contribution in [0.25, 0.3) is 0 Å². The highest BCUT2D eigenvalue weighted by molar-refractivity contribution is 7.11. The van der Waals surface area contributed by atoms with Crippen molar-refractivity contribution < 1.29 is 9.47 Å². The highest BCUT2D eigenvalue weighted by Crippen LogP contribution is 2.36. The lowest BCUT2D eigenvalue weighted by Gasteiger charge is -2.22. The predicted molar refractivity (Wildman–Crippen MR) is 76.4 cm³/mol. The second-order valence-electron chi connectivity index (χ2n) is 4.31. The van der Waals surface area contributed by atoms with Gasteiger partial charge in [-0.1, -0.05) is 13.8 Å². The Labute approximate surface area is 113 Å². The second-order valence-corrected chi connectivity index (χ2v) is 5.09. The van der Waals surface area contributed by atoms with Crippen molar-refractivity contribution in [2.75, 3.05) is 30.9 Å².